The van der Waals surface area contributed by atoms with Crippen molar-refractivity contribution in [3.63, 3.8) is 0 Å². The smallest absolute Gasteiger partial charge is 0.338 e. The summed E-state index contributed by atoms with van der Waals surface area (Å²) in [7, 11) is 0. The van der Waals surface area contributed by atoms with Gasteiger partial charge in [0.25, 0.3) is 11.8 Å². The van der Waals surface area contributed by atoms with Crippen LogP contribution in [0.4, 0.5) is 5.69 Å². The monoisotopic (exact) mass is 380 g/mol. The fourth-order valence-electron chi connectivity index (χ4n) is 3.56. The van der Waals surface area contributed by atoms with Gasteiger partial charge in [0, 0.05) is 0 Å². The van der Waals surface area contributed by atoms with Crippen LogP contribution in [-0.4, -0.2) is 31.0 Å². The maximum absolute atomic E-state index is 12.3. The Morgan fingerprint density at radius 3 is 2.96 bits per heavy atom. The lowest BCUT2D eigenvalue weighted by atomic mass is 9.88. The third kappa shape index (κ3) is 3.83. The summed E-state index contributed by atoms with van der Waals surface area (Å²) < 4.78 is 10.4. The van der Waals surface area contributed by atoms with E-state index in [1.54, 1.807) is 6.07 Å². The zero-order valence-electron chi connectivity index (χ0n) is 15.2. The van der Waals surface area contributed by atoms with Gasteiger partial charge in [0.2, 0.25) is 0 Å². The minimum Gasteiger partial charge on any atom is -0.482 e. The Kier molecular flexibility index (Phi) is 4.97. The van der Waals surface area contributed by atoms with Gasteiger partial charge in [-0.2, -0.15) is 0 Å². The fraction of sp³-hybridized carbons (Fsp3) is 0.286. The molecule has 0 radical (unpaired) electrons. The number of carbonyl (C=O) groups is 3. The molecule has 0 aromatic heterocycles. The van der Waals surface area contributed by atoms with Gasteiger partial charge in [-0.1, -0.05) is 24.3 Å². The highest BCUT2D eigenvalue weighted by Gasteiger charge is 2.22. The Bertz CT molecular complexity index is 940. The van der Waals surface area contributed by atoms with Crippen molar-refractivity contribution in [2.24, 2.45) is 0 Å². The first-order valence-electron chi connectivity index (χ1n) is 9.21. The second-order valence-electron chi connectivity index (χ2n) is 6.84. The summed E-state index contributed by atoms with van der Waals surface area (Å²) in [4.78, 5) is 35.8. The van der Waals surface area contributed by atoms with Crippen LogP contribution < -0.4 is 15.4 Å². The standard InChI is InChI=1S/C21H20N2O5/c24-19-11-27-18-10-14(8-9-17(18)23-19)21(26)28-12-20(25)22-16-7-3-5-13-4-1-2-6-15(13)16/h1-2,4,6,8-10,16H,3,5,7,11-12H2,(H,22,25)(H,23,24). The highest BCUT2D eigenvalue weighted by molar-refractivity contribution is 5.97. The number of aryl methyl sites for hydroxylation is 1. The highest BCUT2D eigenvalue weighted by Crippen LogP contribution is 2.30. The number of carbonyl (C=O) groups excluding carboxylic acids is 3. The number of esters is 1. The van der Waals surface area contributed by atoms with Crippen molar-refractivity contribution in [1.29, 1.82) is 0 Å². The molecular formula is C21H20N2O5. The van der Waals surface area contributed by atoms with Gasteiger partial charge in [0.15, 0.2) is 13.2 Å². The molecule has 4 rings (SSSR count). The molecule has 2 N–H and O–H groups in total. The van der Waals surface area contributed by atoms with Crippen molar-refractivity contribution in [3.8, 4) is 5.75 Å². The number of nitrogens with one attached hydrogen (secondary N) is 2. The molecule has 7 heteroatoms. The van der Waals surface area contributed by atoms with Gasteiger partial charge >= 0.3 is 5.97 Å². The van der Waals surface area contributed by atoms with Crippen molar-refractivity contribution in [3.05, 3.63) is 59.2 Å². The van der Waals surface area contributed by atoms with E-state index in [2.05, 4.69) is 16.7 Å². The Morgan fingerprint density at radius 1 is 1.21 bits per heavy atom. The molecule has 0 fully saturated rings. The SMILES string of the molecule is O=C1COc2cc(C(=O)OCC(=O)NC3CCCc4ccccc43)ccc2N1. The topological polar surface area (TPSA) is 93.7 Å². The van der Waals surface area contributed by atoms with Crippen molar-refractivity contribution < 1.29 is 23.9 Å². The van der Waals surface area contributed by atoms with Gasteiger partial charge in [-0.05, 0) is 48.6 Å². The predicted octanol–water partition coefficient (Wildman–Crippen LogP) is 2.37. The maximum atomic E-state index is 12.3. The number of amides is 2. The van der Waals surface area contributed by atoms with Crippen LogP contribution >= 0.6 is 0 Å². The van der Waals surface area contributed by atoms with E-state index in [4.69, 9.17) is 9.47 Å². The zero-order valence-corrected chi connectivity index (χ0v) is 15.2. The van der Waals surface area contributed by atoms with Crippen LogP contribution in [0.2, 0.25) is 0 Å². The molecule has 1 heterocycles. The van der Waals surface area contributed by atoms with E-state index in [0.29, 0.717) is 11.4 Å². The van der Waals surface area contributed by atoms with E-state index in [-0.39, 0.29) is 36.6 Å². The average Bonchev–Trinajstić information content (AvgIpc) is 2.72. The zero-order chi connectivity index (χ0) is 19.5. The summed E-state index contributed by atoms with van der Waals surface area (Å²) in [6.07, 6.45) is 2.89. The Hall–Kier alpha value is -3.35. The van der Waals surface area contributed by atoms with E-state index in [9.17, 15) is 14.4 Å². The van der Waals surface area contributed by atoms with Gasteiger partial charge in [-0.25, -0.2) is 4.79 Å². The molecule has 1 aliphatic carbocycles. The van der Waals surface area contributed by atoms with E-state index in [0.717, 1.165) is 24.8 Å². The van der Waals surface area contributed by atoms with Gasteiger partial charge < -0.3 is 20.1 Å². The molecule has 2 aliphatic rings. The molecule has 0 spiro atoms. The van der Waals surface area contributed by atoms with Crippen LogP contribution in [0.5, 0.6) is 5.75 Å². The number of rotatable bonds is 4. The lowest BCUT2D eigenvalue weighted by molar-refractivity contribution is -0.125. The van der Waals surface area contributed by atoms with E-state index < -0.39 is 5.97 Å². The molecular weight excluding hydrogens is 360 g/mol. The molecule has 28 heavy (non-hydrogen) atoms. The number of fused-ring (bicyclic) bond motifs is 2. The first kappa shape index (κ1) is 18.0. The summed E-state index contributed by atoms with van der Waals surface area (Å²) >= 11 is 0. The summed E-state index contributed by atoms with van der Waals surface area (Å²) in [6, 6.07) is 12.6. The van der Waals surface area contributed by atoms with Gasteiger partial charge in [0.1, 0.15) is 5.75 Å². The Balaban J connectivity index is 1.34. The van der Waals surface area contributed by atoms with E-state index in [1.165, 1.54) is 17.7 Å². The Morgan fingerprint density at radius 2 is 2.07 bits per heavy atom. The lowest BCUT2D eigenvalue weighted by Crippen LogP contribution is -2.34. The molecule has 2 aromatic carbocycles. The van der Waals surface area contributed by atoms with Crippen LogP contribution in [0.15, 0.2) is 42.5 Å². The second-order valence-corrected chi connectivity index (χ2v) is 6.84. The second kappa shape index (κ2) is 7.72. The van der Waals surface area contributed by atoms with Crippen molar-refractivity contribution in [1.82, 2.24) is 5.32 Å². The molecule has 1 aliphatic heterocycles. The molecule has 1 unspecified atom stereocenters. The highest BCUT2D eigenvalue weighted by atomic mass is 16.5. The minimum atomic E-state index is -0.623. The van der Waals surface area contributed by atoms with Crippen LogP contribution in [0.25, 0.3) is 0 Å². The van der Waals surface area contributed by atoms with Gasteiger partial charge in [-0.3, -0.25) is 9.59 Å². The van der Waals surface area contributed by atoms with Gasteiger partial charge in [-0.15, -0.1) is 0 Å². The quantitative estimate of drug-likeness (QED) is 0.795. The van der Waals surface area contributed by atoms with Crippen LogP contribution in [0, 0.1) is 0 Å². The number of anilines is 1. The first-order valence-corrected chi connectivity index (χ1v) is 9.21. The van der Waals surface area contributed by atoms with Crippen molar-refractivity contribution in [2.75, 3.05) is 18.5 Å². The fourth-order valence-corrected chi connectivity index (χ4v) is 3.56. The normalized spacial score (nSPS) is 17.4. The van der Waals surface area contributed by atoms with Crippen LogP contribution in [0.1, 0.15) is 40.4 Å². The van der Waals surface area contributed by atoms with E-state index in [1.807, 2.05) is 18.2 Å². The molecule has 2 aromatic rings. The number of benzene rings is 2. The maximum Gasteiger partial charge on any atom is 0.338 e. The molecule has 0 saturated carbocycles. The number of hydrogen-bond acceptors (Lipinski definition) is 5. The molecule has 2 amide bonds. The summed E-state index contributed by atoms with van der Waals surface area (Å²) in [5.74, 6) is -0.805. The number of hydrogen-bond donors (Lipinski definition) is 2. The van der Waals surface area contributed by atoms with E-state index >= 15 is 0 Å². The molecule has 144 valence electrons. The van der Waals surface area contributed by atoms with Crippen molar-refractivity contribution in [2.45, 2.75) is 25.3 Å². The molecule has 1 atom stereocenters. The van der Waals surface area contributed by atoms with Crippen LogP contribution in [-0.2, 0) is 20.7 Å². The summed E-state index contributed by atoms with van der Waals surface area (Å²) in [5.41, 5.74) is 3.13. The molecule has 0 bridgehead atoms. The van der Waals surface area contributed by atoms with Crippen LogP contribution in [0.3, 0.4) is 0 Å². The minimum absolute atomic E-state index is 0.0584. The Labute approximate surface area is 162 Å². The number of ether oxygens (including phenoxy) is 2. The van der Waals surface area contributed by atoms with Crippen molar-refractivity contribution >= 4 is 23.5 Å². The summed E-state index contributed by atoms with van der Waals surface area (Å²) in [6.45, 7) is -0.455. The lowest BCUT2D eigenvalue weighted by Gasteiger charge is -2.26. The summed E-state index contributed by atoms with van der Waals surface area (Å²) in [5, 5.41) is 5.60. The molecule has 7 nitrogen and oxygen atoms in total. The third-order valence-electron chi connectivity index (χ3n) is 4.89. The third-order valence-corrected chi connectivity index (χ3v) is 4.89. The average molecular weight is 380 g/mol. The first-order chi connectivity index (χ1) is 13.6. The predicted molar refractivity (Wildman–Crippen MR) is 101 cm³/mol. The van der Waals surface area contributed by atoms with Gasteiger partial charge in [0.05, 0.1) is 17.3 Å². The largest absolute Gasteiger partial charge is 0.482 e. The molecule has 0 saturated heterocycles.